The third-order valence-electron chi connectivity index (χ3n) is 3.12. The van der Waals surface area contributed by atoms with Crippen LogP contribution < -0.4 is 5.32 Å². The Morgan fingerprint density at radius 3 is 2.79 bits per heavy atom. The highest BCUT2D eigenvalue weighted by atomic mass is 16.4. The first-order chi connectivity index (χ1) is 8.95. The van der Waals surface area contributed by atoms with E-state index in [0.717, 1.165) is 0 Å². The first kappa shape index (κ1) is 15.3. The zero-order valence-electron chi connectivity index (χ0n) is 11.4. The quantitative estimate of drug-likeness (QED) is 0.759. The minimum atomic E-state index is -0.938. The van der Waals surface area contributed by atoms with Crippen LogP contribution in [0.1, 0.15) is 26.7 Å². The molecular formula is C12H21N3O4. The summed E-state index contributed by atoms with van der Waals surface area (Å²) in [5.74, 6) is -1.11. The van der Waals surface area contributed by atoms with E-state index in [1.165, 1.54) is 9.80 Å². The van der Waals surface area contributed by atoms with Crippen LogP contribution in [0.3, 0.4) is 0 Å². The highest BCUT2D eigenvalue weighted by Crippen LogP contribution is 2.09. The molecule has 0 radical (unpaired) electrons. The van der Waals surface area contributed by atoms with Gasteiger partial charge < -0.3 is 20.2 Å². The molecule has 1 aliphatic heterocycles. The van der Waals surface area contributed by atoms with Crippen molar-refractivity contribution >= 4 is 17.9 Å². The molecule has 2 N–H and O–H groups in total. The van der Waals surface area contributed by atoms with Crippen molar-refractivity contribution in [2.45, 2.75) is 32.7 Å². The van der Waals surface area contributed by atoms with Crippen LogP contribution in [0.5, 0.6) is 0 Å². The summed E-state index contributed by atoms with van der Waals surface area (Å²) in [4.78, 5) is 37.5. The zero-order valence-corrected chi connectivity index (χ0v) is 11.4. The summed E-state index contributed by atoms with van der Waals surface area (Å²) >= 11 is 0. The Morgan fingerprint density at radius 1 is 1.53 bits per heavy atom. The van der Waals surface area contributed by atoms with Gasteiger partial charge in [0.15, 0.2) is 0 Å². The lowest BCUT2D eigenvalue weighted by Crippen LogP contribution is -2.49. The number of aliphatic carboxylic acids is 1. The van der Waals surface area contributed by atoms with E-state index >= 15 is 0 Å². The van der Waals surface area contributed by atoms with Crippen LogP contribution in [-0.2, 0) is 9.59 Å². The minimum absolute atomic E-state index is 0.0368. The lowest BCUT2D eigenvalue weighted by atomic mass is 10.2. The van der Waals surface area contributed by atoms with Crippen LogP contribution in [0.2, 0.25) is 0 Å². The van der Waals surface area contributed by atoms with E-state index in [1.807, 2.05) is 0 Å². The molecule has 7 heteroatoms. The number of amides is 3. The van der Waals surface area contributed by atoms with E-state index in [9.17, 15) is 14.4 Å². The second-order valence-corrected chi connectivity index (χ2v) is 4.64. The van der Waals surface area contributed by atoms with Gasteiger partial charge in [-0.25, -0.2) is 4.79 Å². The maximum atomic E-state index is 12.3. The summed E-state index contributed by atoms with van der Waals surface area (Å²) in [6.45, 7) is 5.04. The van der Waals surface area contributed by atoms with Crippen molar-refractivity contribution in [2.75, 3.05) is 26.2 Å². The minimum Gasteiger partial charge on any atom is -0.481 e. The molecule has 0 bridgehead atoms. The molecule has 1 heterocycles. The molecule has 0 spiro atoms. The number of hydrogen-bond acceptors (Lipinski definition) is 3. The first-order valence-corrected chi connectivity index (χ1v) is 6.49. The van der Waals surface area contributed by atoms with Gasteiger partial charge in [0.1, 0.15) is 6.54 Å². The largest absolute Gasteiger partial charge is 0.481 e. The van der Waals surface area contributed by atoms with Gasteiger partial charge in [-0.1, -0.05) is 0 Å². The Balaban J connectivity index is 2.70. The molecule has 1 aliphatic rings. The van der Waals surface area contributed by atoms with Crippen LogP contribution in [-0.4, -0.2) is 65.0 Å². The van der Waals surface area contributed by atoms with Gasteiger partial charge in [-0.3, -0.25) is 9.59 Å². The number of carboxylic acids is 1. The summed E-state index contributed by atoms with van der Waals surface area (Å²) in [5.41, 5.74) is 0. The maximum Gasteiger partial charge on any atom is 0.320 e. The Kier molecular flexibility index (Phi) is 5.59. The molecule has 3 amide bonds. The van der Waals surface area contributed by atoms with Crippen molar-refractivity contribution in [3.05, 3.63) is 0 Å². The van der Waals surface area contributed by atoms with E-state index in [4.69, 9.17) is 5.11 Å². The summed E-state index contributed by atoms with van der Waals surface area (Å²) in [5, 5.41) is 11.5. The van der Waals surface area contributed by atoms with Gasteiger partial charge in [0.2, 0.25) is 5.91 Å². The van der Waals surface area contributed by atoms with Crippen molar-refractivity contribution in [3.63, 3.8) is 0 Å². The summed E-state index contributed by atoms with van der Waals surface area (Å²) < 4.78 is 0. The summed E-state index contributed by atoms with van der Waals surface area (Å²) in [6.07, 6.45) is 0.613. The Morgan fingerprint density at radius 2 is 2.21 bits per heavy atom. The predicted molar refractivity (Wildman–Crippen MR) is 68.7 cm³/mol. The Labute approximate surface area is 112 Å². The number of nitrogens with one attached hydrogen (secondary N) is 1. The molecule has 0 aromatic heterocycles. The number of nitrogens with zero attached hydrogens (tertiary/aromatic N) is 2. The topological polar surface area (TPSA) is 90.0 Å². The van der Waals surface area contributed by atoms with Crippen LogP contribution >= 0.6 is 0 Å². The van der Waals surface area contributed by atoms with Gasteiger partial charge in [0.05, 0.1) is 6.42 Å². The van der Waals surface area contributed by atoms with Gasteiger partial charge in [-0.05, 0) is 20.3 Å². The molecular weight excluding hydrogens is 250 g/mol. The average Bonchev–Trinajstić information content (AvgIpc) is 2.53. The van der Waals surface area contributed by atoms with E-state index in [-0.39, 0.29) is 30.9 Å². The molecule has 0 aliphatic carbocycles. The zero-order chi connectivity index (χ0) is 14.4. The van der Waals surface area contributed by atoms with Crippen molar-refractivity contribution < 1.29 is 19.5 Å². The monoisotopic (exact) mass is 271 g/mol. The van der Waals surface area contributed by atoms with Crippen LogP contribution in [0, 0.1) is 0 Å². The lowest BCUT2D eigenvalue weighted by Gasteiger charge is -2.32. The second kappa shape index (κ2) is 6.96. The molecule has 108 valence electrons. The molecule has 1 unspecified atom stereocenters. The van der Waals surface area contributed by atoms with Crippen molar-refractivity contribution in [1.82, 2.24) is 15.1 Å². The number of carboxylic acid groups (broad SMARTS) is 1. The molecule has 1 rings (SSSR count). The number of urea groups is 1. The van der Waals surface area contributed by atoms with Gasteiger partial charge in [-0.2, -0.15) is 0 Å². The third-order valence-corrected chi connectivity index (χ3v) is 3.12. The maximum absolute atomic E-state index is 12.3. The smallest absolute Gasteiger partial charge is 0.320 e. The second-order valence-electron chi connectivity index (χ2n) is 4.64. The molecule has 1 saturated heterocycles. The SMILES string of the molecule is CCN(C(=O)N1CCCNC(=O)C1)C(C)CC(=O)O. The Bertz CT molecular complexity index is 359. The van der Waals surface area contributed by atoms with Gasteiger partial charge in [0, 0.05) is 25.7 Å². The molecule has 1 fully saturated rings. The van der Waals surface area contributed by atoms with Crippen molar-refractivity contribution in [2.24, 2.45) is 0 Å². The highest BCUT2D eigenvalue weighted by Gasteiger charge is 2.27. The standard InChI is InChI=1S/C12H21N3O4/c1-3-15(9(2)7-11(17)18)12(19)14-6-4-5-13-10(16)8-14/h9H,3-8H2,1-2H3,(H,13,16)(H,17,18). The molecule has 0 aromatic rings. The highest BCUT2D eigenvalue weighted by molar-refractivity contribution is 5.84. The first-order valence-electron chi connectivity index (χ1n) is 6.49. The van der Waals surface area contributed by atoms with Crippen LogP contribution in [0.4, 0.5) is 4.79 Å². The van der Waals surface area contributed by atoms with E-state index < -0.39 is 5.97 Å². The van der Waals surface area contributed by atoms with Gasteiger partial charge in [0.25, 0.3) is 0 Å². The summed E-state index contributed by atoms with van der Waals surface area (Å²) in [7, 11) is 0. The number of carbonyl (C=O) groups excluding carboxylic acids is 2. The van der Waals surface area contributed by atoms with Crippen molar-refractivity contribution in [1.29, 1.82) is 0 Å². The van der Waals surface area contributed by atoms with E-state index in [0.29, 0.717) is 26.1 Å². The molecule has 0 aromatic carbocycles. The summed E-state index contributed by atoms with van der Waals surface area (Å²) in [6, 6.07) is -0.658. The van der Waals surface area contributed by atoms with Crippen LogP contribution in [0.15, 0.2) is 0 Å². The molecule has 1 atom stereocenters. The fraction of sp³-hybridized carbons (Fsp3) is 0.750. The fourth-order valence-corrected chi connectivity index (χ4v) is 2.15. The number of hydrogen-bond donors (Lipinski definition) is 2. The van der Waals surface area contributed by atoms with Crippen molar-refractivity contribution in [3.8, 4) is 0 Å². The number of carbonyl (C=O) groups is 3. The van der Waals surface area contributed by atoms with Gasteiger partial charge >= 0.3 is 12.0 Å². The Hall–Kier alpha value is -1.79. The average molecular weight is 271 g/mol. The van der Waals surface area contributed by atoms with Crippen LogP contribution in [0.25, 0.3) is 0 Å². The molecule has 0 saturated carbocycles. The lowest BCUT2D eigenvalue weighted by molar-refractivity contribution is -0.138. The third kappa shape index (κ3) is 4.42. The molecule has 7 nitrogen and oxygen atoms in total. The predicted octanol–water partition coefficient (Wildman–Crippen LogP) is 0.113. The fourth-order valence-electron chi connectivity index (χ4n) is 2.15. The van der Waals surface area contributed by atoms with E-state index in [2.05, 4.69) is 5.32 Å². The van der Waals surface area contributed by atoms with E-state index in [1.54, 1.807) is 13.8 Å². The van der Waals surface area contributed by atoms with Gasteiger partial charge in [-0.15, -0.1) is 0 Å². The normalized spacial score (nSPS) is 17.4. The number of rotatable bonds is 4. The molecule has 19 heavy (non-hydrogen) atoms.